The molecule has 0 aliphatic rings. The molecule has 0 saturated carbocycles. The average Bonchev–Trinajstić information content (AvgIpc) is 2.36. The number of hydrogen-bond donors (Lipinski definition) is 0. The predicted octanol–water partition coefficient (Wildman–Crippen LogP) is 3.28. The van der Waals surface area contributed by atoms with Gasteiger partial charge in [-0.15, -0.1) is 0 Å². The van der Waals surface area contributed by atoms with E-state index in [1.54, 1.807) is 6.92 Å². The molecule has 19 heavy (non-hydrogen) atoms. The van der Waals surface area contributed by atoms with Crippen molar-refractivity contribution in [1.29, 1.82) is 0 Å². The number of carbonyl (C=O) groups excluding carboxylic acids is 1. The average molecular weight is 254 g/mol. The molecule has 98 valence electrons. The summed E-state index contributed by atoms with van der Waals surface area (Å²) in [5, 5.41) is 0. The summed E-state index contributed by atoms with van der Waals surface area (Å²) < 4.78 is 0. The molecule has 3 heteroatoms. The van der Waals surface area contributed by atoms with Crippen LogP contribution in [0.5, 0.6) is 0 Å². The lowest BCUT2D eigenvalue weighted by Gasteiger charge is -2.06. The topological polar surface area (TPSA) is 42.9 Å². The van der Waals surface area contributed by atoms with Crippen LogP contribution in [-0.2, 0) is 11.2 Å². The monoisotopic (exact) mass is 254 g/mol. The maximum absolute atomic E-state index is 11.0. The quantitative estimate of drug-likeness (QED) is 0.841. The van der Waals surface area contributed by atoms with Gasteiger partial charge in [-0.1, -0.05) is 23.8 Å². The van der Waals surface area contributed by atoms with Crippen LogP contribution in [0.15, 0.2) is 30.3 Å². The van der Waals surface area contributed by atoms with Crippen molar-refractivity contribution in [2.45, 2.75) is 33.6 Å². The van der Waals surface area contributed by atoms with Gasteiger partial charge in [0.15, 0.2) is 0 Å². The van der Waals surface area contributed by atoms with E-state index in [-0.39, 0.29) is 5.78 Å². The molecule has 0 N–H and O–H groups in total. The van der Waals surface area contributed by atoms with Gasteiger partial charge in [-0.2, -0.15) is 0 Å². The van der Waals surface area contributed by atoms with E-state index in [1.165, 1.54) is 5.56 Å². The Hall–Kier alpha value is -2.03. The standard InChI is InChI=1S/C16H18N2O/c1-11-5-4-6-14(9-11)15-10-12(2)17-16(18-15)8-7-13(3)19/h4-6,9-10H,7-8H2,1-3H3. The second-order valence-electron chi connectivity index (χ2n) is 4.88. The maximum atomic E-state index is 11.0. The minimum atomic E-state index is 0.169. The Balaban J connectivity index is 2.33. The van der Waals surface area contributed by atoms with Crippen LogP contribution in [0.1, 0.15) is 30.4 Å². The number of ketones is 1. The van der Waals surface area contributed by atoms with E-state index >= 15 is 0 Å². The molecule has 1 heterocycles. The van der Waals surface area contributed by atoms with Crippen LogP contribution in [0.25, 0.3) is 11.3 Å². The van der Waals surface area contributed by atoms with Crippen molar-refractivity contribution in [1.82, 2.24) is 9.97 Å². The maximum Gasteiger partial charge on any atom is 0.130 e. The number of Topliss-reactive ketones (excluding diaryl/α,β-unsaturated/α-hetero) is 1. The second kappa shape index (κ2) is 5.74. The Bertz CT molecular complexity index is 605. The van der Waals surface area contributed by atoms with Crippen molar-refractivity contribution in [3.63, 3.8) is 0 Å². The second-order valence-corrected chi connectivity index (χ2v) is 4.88. The fourth-order valence-corrected chi connectivity index (χ4v) is 1.98. The summed E-state index contributed by atoms with van der Waals surface area (Å²) in [6, 6.07) is 10.2. The summed E-state index contributed by atoms with van der Waals surface area (Å²) in [6.07, 6.45) is 1.10. The third-order valence-electron chi connectivity index (χ3n) is 2.92. The Labute approximate surface area is 113 Å². The van der Waals surface area contributed by atoms with Crippen molar-refractivity contribution >= 4 is 5.78 Å². The molecule has 3 nitrogen and oxygen atoms in total. The van der Waals surface area contributed by atoms with Crippen molar-refractivity contribution in [3.8, 4) is 11.3 Å². The number of aromatic nitrogens is 2. The first-order valence-electron chi connectivity index (χ1n) is 6.45. The van der Waals surface area contributed by atoms with Crippen molar-refractivity contribution in [2.24, 2.45) is 0 Å². The Kier molecular flexibility index (Phi) is 4.05. The molecule has 0 unspecified atom stereocenters. The molecule has 0 amide bonds. The SMILES string of the molecule is CC(=O)CCc1nc(C)cc(-c2cccc(C)c2)n1. The molecule has 0 spiro atoms. The lowest BCUT2D eigenvalue weighted by Crippen LogP contribution is -2.02. The molecule has 1 aromatic carbocycles. The third kappa shape index (κ3) is 3.71. The molecule has 2 rings (SSSR count). The Morgan fingerprint density at radius 1 is 1.16 bits per heavy atom. The fourth-order valence-electron chi connectivity index (χ4n) is 1.98. The molecule has 0 atom stereocenters. The van der Waals surface area contributed by atoms with Gasteiger partial charge in [0.2, 0.25) is 0 Å². The van der Waals surface area contributed by atoms with Gasteiger partial charge in [0, 0.05) is 24.1 Å². The highest BCUT2D eigenvalue weighted by atomic mass is 16.1. The first-order chi connectivity index (χ1) is 9.04. The molecule has 0 saturated heterocycles. The molecule has 1 aromatic heterocycles. The number of rotatable bonds is 4. The highest BCUT2D eigenvalue weighted by Crippen LogP contribution is 2.19. The van der Waals surface area contributed by atoms with Crippen LogP contribution in [0.2, 0.25) is 0 Å². The van der Waals surface area contributed by atoms with Gasteiger partial charge in [-0.25, -0.2) is 9.97 Å². The highest BCUT2D eigenvalue weighted by Gasteiger charge is 2.06. The lowest BCUT2D eigenvalue weighted by atomic mass is 10.1. The van der Waals surface area contributed by atoms with E-state index in [0.717, 1.165) is 22.8 Å². The van der Waals surface area contributed by atoms with E-state index in [9.17, 15) is 4.79 Å². The van der Waals surface area contributed by atoms with Gasteiger partial charge in [0.1, 0.15) is 11.6 Å². The van der Waals surface area contributed by atoms with Crippen LogP contribution >= 0.6 is 0 Å². The van der Waals surface area contributed by atoms with Crippen molar-refractivity contribution in [2.75, 3.05) is 0 Å². The number of hydrogen-bond acceptors (Lipinski definition) is 3. The first kappa shape index (κ1) is 13.4. The Morgan fingerprint density at radius 3 is 2.63 bits per heavy atom. The summed E-state index contributed by atoms with van der Waals surface area (Å²) in [5.41, 5.74) is 4.16. The smallest absolute Gasteiger partial charge is 0.130 e. The van der Waals surface area contributed by atoms with E-state index in [1.807, 2.05) is 25.1 Å². The van der Waals surface area contributed by atoms with Crippen LogP contribution < -0.4 is 0 Å². The molecule has 0 radical (unpaired) electrons. The minimum Gasteiger partial charge on any atom is -0.300 e. The van der Waals surface area contributed by atoms with Gasteiger partial charge in [0.05, 0.1) is 5.69 Å². The number of benzene rings is 1. The van der Waals surface area contributed by atoms with Gasteiger partial charge >= 0.3 is 0 Å². The summed E-state index contributed by atoms with van der Waals surface area (Å²) in [6.45, 7) is 5.61. The van der Waals surface area contributed by atoms with Crippen molar-refractivity contribution < 1.29 is 4.79 Å². The van der Waals surface area contributed by atoms with E-state index in [4.69, 9.17) is 0 Å². The van der Waals surface area contributed by atoms with Crippen LogP contribution in [0, 0.1) is 13.8 Å². The zero-order chi connectivity index (χ0) is 13.8. The summed E-state index contributed by atoms with van der Waals surface area (Å²) >= 11 is 0. The number of carbonyl (C=O) groups is 1. The normalized spacial score (nSPS) is 10.5. The van der Waals surface area contributed by atoms with Gasteiger partial charge in [-0.05, 0) is 32.9 Å². The van der Waals surface area contributed by atoms with Crippen LogP contribution in [0.3, 0.4) is 0 Å². The largest absolute Gasteiger partial charge is 0.300 e. The van der Waals surface area contributed by atoms with Gasteiger partial charge in [-0.3, -0.25) is 0 Å². The van der Waals surface area contributed by atoms with E-state index < -0.39 is 0 Å². The third-order valence-corrected chi connectivity index (χ3v) is 2.92. The van der Waals surface area contributed by atoms with Crippen molar-refractivity contribution in [3.05, 3.63) is 47.4 Å². The zero-order valence-electron chi connectivity index (χ0n) is 11.6. The number of aryl methyl sites for hydroxylation is 3. The highest BCUT2D eigenvalue weighted by molar-refractivity contribution is 5.75. The van der Waals surface area contributed by atoms with E-state index in [2.05, 4.69) is 29.0 Å². The fraction of sp³-hybridized carbons (Fsp3) is 0.312. The van der Waals surface area contributed by atoms with Crippen LogP contribution in [-0.4, -0.2) is 15.8 Å². The van der Waals surface area contributed by atoms with Gasteiger partial charge in [0.25, 0.3) is 0 Å². The molecule has 0 bridgehead atoms. The lowest BCUT2D eigenvalue weighted by molar-refractivity contribution is -0.117. The summed E-state index contributed by atoms with van der Waals surface area (Å²) in [4.78, 5) is 20.0. The molecular formula is C16H18N2O. The molecular weight excluding hydrogens is 236 g/mol. The molecule has 0 fully saturated rings. The Morgan fingerprint density at radius 2 is 1.95 bits per heavy atom. The summed E-state index contributed by atoms with van der Waals surface area (Å²) in [7, 11) is 0. The van der Waals surface area contributed by atoms with Crippen LogP contribution in [0.4, 0.5) is 0 Å². The predicted molar refractivity (Wildman–Crippen MR) is 75.9 cm³/mol. The molecule has 2 aromatic rings. The zero-order valence-corrected chi connectivity index (χ0v) is 11.6. The number of nitrogens with zero attached hydrogens (tertiary/aromatic N) is 2. The van der Waals surface area contributed by atoms with E-state index in [0.29, 0.717) is 12.8 Å². The molecule has 0 aliphatic carbocycles. The summed E-state index contributed by atoms with van der Waals surface area (Å²) in [5.74, 6) is 0.911. The minimum absolute atomic E-state index is 0.169. The first-order valence-corrected chi connectivity index (χ1v) is 6.45. The molecule has 0 aliphatic heterocycles. The van der Waals surface area contributed by atoms with Gasteiger partial charge < -0.3 is 4.79 Å².